The Morgan fingerprint density at radius 1 is 1.12 bits per heavy atom. The quantitative estimate of drug-likeness (QED) is 0.744. The van der Waals surface area contributed by atoms with Gasteiger partial charge in [0.15, 0.2) is 11.5 Å². The van der Waals surface area contributed by atoms with Crippen molar-refractivity contribution in [3.63, 3.8) is 0 Å². The van der Waals surface area contributed by atoms with Crippen molar-refractivity contribution in [3.05, 3.63) is 59.4 Å². The van der Waals surface area contributed by atoms with Crippen LogP contribution in [-0.4, -0.2) is 13.2 Å². The maximum atomic E-state index is 13.0. The van der Waals surface area contributed by atoms with Crippen LogP contribution in [0.3, 0.4) is 0 Å². The molecular weight excluding hydrogens is 329 g/mol. The van der Waals surface area contributed by atoms with Gasteiger partial charge in [0, 0.05) is 18.2 Å². The van der Waals surface area contributed by atoms with E-state index in [0.29, 0.717) is 24.9 Å². The van der Waals surface area contributed by atoms with Gasteiger partial charge in [0.25, 0.3) is 0 Å². The molecule has 1 atom stereocenters. The number of halogens is 2. The van der Waals surface area contributed by atoms with Gasteiger partial charge >= 0.3 is 0 Å². The van der Waals surface area contributed by atoms with E-state index in [1.807, 2.05) is 18.2 Å². The minimum absolute atomic E-state index is 0. The second-order valence-corrected chi connectivity index (χ2v) is 5.55. The van der Waals surface area contributed by atoms with Gasteiger partial charge in [-0.1, -0.05) is 31.2 Å². The molecule has 0 heterocycles. The average molecular weight is 354 g/mol. The highest BCUT2D eigenvalue weighted by atomic mass is 35.5. The minimum Gasteiger partial charge on any atom is -0.493 e. The lowest BCUT2D eigenvalue weighted by molar-refractivity contribution is 0.280. The van der Waals surface area contributed by atoms with Crippen LogP contribution in [0.2, 0.25) is 0 Å². The van der Waals surface area contributed by atoms with Gasteiger partial charge in [-0.15, -0.1) is 12.4 Å². The van der Waals surface area contributed by atoms with Crippen molar-refractivity contribution >= 4 is 12.4 Å². The molecule has 0 saturated heterocycles. The van der Waals surface area contributed by atoms with E-state index < -0.39 is 0 Å². The summed E-state index contributed by atoms with van der Waals surface area (Å²) in [5.74, 6) is 1.19. The van der Waals surface area contributed by atoms with Crippen molar-refractivity contribution in [2.24, 2.45) is 0 Å². The molecule has 2 aromatic carbocycles. The van der Waals surface area contributed by atoms with Crippen LogP contribution < -0.4 is 14.8 Å². The molecule has 3 nitrogen and oxygen atoms in total. The summed E-state index contributed by atoms with van der Waals surface area (Å²) in [5, 5.41) is 3.46. The monoisotopic (exact) mass is 353 g/mol. The van der Waals surface area contributed by atoms with Gasteiger partial charge in [-0.3, -0.25) is 0 Å². The number of methoxy groups -OCH3 is 1. The molecule has 2 aromatic rings. The third-order valence-electron chi connectivity index (χ3n) is 3.83. The van der Waals surface area contributed by atoms with E-state index >= 15 is 0 Å². The number of para-hydroxylation sites is 1. The highest BCUT2D eigenvalue weighted by molar-refractivity contribution is 5.85. The van der Waals surface area contributed by atoms with Crippen LogP contribution in [0.25, 0.3) is 0 Å². The zero-order valence-corrected chi connectivity index (χ0v) is 15.2. The molecule has 5 heteroatoms. The van der Waals surface area contributed by atoms with Crippen LogP contribution in [0.1, 0.15) is 31.4 Å². The summed E-state index contributed by atoms with van der Waals surface area (Å²) < 4.78 is 24.4. The largest absolute Gasteiger partial charge is 0.493 e. The maximum absolute atomic E-state index is 13.0. The third kappa shape index (κ3) is 5.69. The molecule has 0 radical (unpaired) electrons. The van der Waals surface area contributed by atoms with Crippen molar-refractivity contribution in [2.75, 3.05) is 7.11 Å². The van der Waals surface area contributed by atoms with Crippen molar-refractivity contribution in [1.82, 2.24) is 5.32 Å². The molecule has 1 N–H and O–H groups in total. The summed E-state index contributed by atoms with van der Waals surface area (Å²) in [6.07, 6.45) is 1.07. The fourth-order valence-corrected chi connectivity index (χ4v) is 2.19. The van der Waals surface area contributed by atoms with Gasteiger partial charge in [0.2, 0.25) is 0 Å². The van der Waals surface area contributed by atoms with Crippen LogP contribution in [0, 0.1) is 5.82 Å². The predicted octanol–water partition coefficient (Wildman–Crippen LogP) is 4.72. The van der Waals surface area contributed by atoms with E-state index in [4.69, 9.17) is 9.47 Å². The Labute approximate surface area is 149 Å². The number of nitrogens with one attached hydrogen (secondary N) is 1. The summed E-state index contributed by atoms with van der Waals surface area (Å²) >= 11 is 0. The molecule has 0 amide bonds. The molecule has 0 aliphatic carbocycles. The fourth-order valence-electron chi connectivity index (χ4n) is 2.19. The van der Waals surface area contributed by atoms with Gasteiger partial charge < -0.3 is 14.8 Å². The zero-order valence-electron chi connectivity index (χ0n) is 14.3. The van der Waals surface area contributed by atoms with E-state index in [0.717, 1.165) is 23.3 Å². The van der Waals surface area contributed by atoms with Gasteiger partial charge in [0.1, 0.15) is 12.4 Å². The molecule has 0 saturated carbocycles. The highest BCUT2D eigenvalue weighted by Crippen LogP contribution is 2.32. The van der Waals surface area contributed by atoms with Gasteiger partial charge in [0.05, 0.1) is 7.11 Å². The van der Waals surface area contributed by atoms with Crippen molar-refractivity contribution in [3.8, 4) is 11.5 Å². The first kappa shape index (κ1) is 20.3. The molecule has 0 aliphatic heterocycles. The number of hydrogen-bond acceptors (Lipinski definition) is 3. The van der Waals surface area contributed by atoms with Crippen molar-refractivity contribution in [2.45, 2.75) is 39.5 Å². The molecule has 0 aromatic heterocycles. The third-order valence-corrected chi connectivity index (χ3v) is 3.83. The topological polar surface area (TPSA) is 30.5 Å². The highest BCUT2D eigenvalue weighted by Gasteiger charge is 2.11. The summed E-state index contributed by atoms with van der Waals surface area (Å²) in [6, 6.07) is 12.6. The van der Waals surface area contributed by atoms with Gasteiger partial charge in [-0.25, -0.2) is 4.39 Å². The molecule has 0 aliphatic rings. The Bertz CT molecular complexity index is 619. The Balaban J connectivity index is 0.00000288. The lowest BCUT2D eigenvalue weighted by atomic mass is 10.1. The van der Waals surface area contributed by atoms with Crippen LogP contribution in [0.5, 0.6) is 11.5 Å². The number of rotatable bonds is 8. The smallest absolute Gasteiger partial charge is 0.166 e. The van der Waals surface area contributed by atoms with E-state index in [9.17, 15) is 4.39 Å². The predicted molar refractivity (Wildman–Crippen MR) is 97.6 cm³/mol. The first-order chi connectivity index (χ1) is 11.1. The minimum atomic E-state index is -0.246. The van der Waals surface area contributed by atoms with E-state index in [2.05, 4.69) is 19.2 Å². The molecule has 1 unspecified atom stereocenters. The Hall–Kier alpha value is -1.78. The van der Waals surface area contributed by atoms with Crippen LogP contribution in [0.4, 0.5) is 4.39 Å². The molecule has 0 bridgehead atoms. The summed E-state index contributed by atoms with van der Waals surface area (Å²) in [6.45, 7) is 5.39. The van der Waals surface area contributed by atoms with Gasteiger partial charge in [-0.05, 0) is 37.1 Å². The Morgan fingerprint density at radius 2 is 1.83 bits per heavy atom. The molecule has 24 heavy (non-hydrogen) atoms. The lowest BCUT2D eigenvalue weighted by Crippen LogP contribution is -2.24. The number of ether oxygens (including phenoxy) is 2. The fraction of sp³-hybridized carbons (Fsp3) is 0.368. The van der Waals surface area contributed by atoms with E-state index in [1.165, 1.54) is 12.1 Å². The van der Waals surface area contributed by atoms with E-state index in [-0.39, 0.29) is 18.2 Å². The van der Waals surface area contributed by atoms with Crippen LogP contribution in [-0.2, 0) is 13.2 Å². The zero-order chi connectivity index (χ0) is 16.7. The first-order valence-electron chi connectivity index (χ1n) is 7.90. The van der Waals surface area contributed by atoms with Crippen LogP contribution in [0.15, 0.2) is 42.5 Å². The normalized spacial score (nSPS) is 11.5. The maximum Gasteiger partial charge on any atom is 0.166 e. The van der Waals surface area contributed by atoms with Crippen molar-refractivity contribution < 1.29 is 13.9 Å². The summed E-state index contributed by atoms with van der Waals surface area (Å²) in [4.78, 5) is 0. The molecule has 2 rings (SSSR count). The van der Waals surface area contributed by atoms with Crippen LogP contribution >= 0.6 is 12.4 Å². The summed E-state index contributed by atoms with van der Waals surface area (Å²) in [5.41, 5.74) is 1.96. The molecule has 0 spiro atoms. The standard InChI is InChI=1S/C19H24FNO2.ClH/c1-4-14(2)21-12-16-6-5-7-18(22-3)19(16)23-13-15-8-10-17(20)11-9-15;/h5-11,14,21H,4,12-13H2,1-3H3;1H. The summed E-state index contributed by atoms with van der Waals surface area (Å²) in [7, 11) is 1.63. The van der Waals surface area contributed by atoms with E-state index in [1.54, 1.807) is 19.2 Å². The Morgan fingerprint density at radius 3 is 2.46 bits per heavy atom. The van der Waals surface area contributed by atoms with Crippen molar-refractivity contribution in [1.29, 1.82) is 0 Å². The number of hydrogen-bond donors (Lipinski definition) is 1. The molecule has 0 fully saturated rings. The Kier molecular flexibility index (Phi) is 8.58. The SMILES string of the molecule is CCC(C)NCc1cccc(OC)c1OCc1ccc(F)cc1.Cl. The average Bonchev–Trinajstić information content (AvgIpc) is 2.59. The molecular formula is C19H25ClFNO2. The molecule has 132 valence electrons. The second kappa shape index (κ2) is 10.2. The first-order valence-corrected chi connectivity index (χ1v) is 7.90. The van der Waals surface area contributed by atoms with Gasteiger partial charge in [-0.2, -0.15) is 0 Å². The number of benzene rings is 2. The second-order valence-electron chi connectivity index (χ2n) is 5.55. The lowest BCUT2D eigenvalue weighted by Gasteiger charge is -2.17.